The number of thiophene rings is 1. The molecule has 0 unspecified atom stereocenters. The van der Waals surface area contributed by atoms with Gasteiger partial charge in [0.2, 0.25) is 0 Å². The number of pyridine rings is 1. The van der Waals surface area contributed by atoms with E-state index in [-0.39, 0.29) is 0 Å². The van der Waals surface area contributed by atoms with Gasteiger partial charge in [-0.3, -0.25) is 0 Å². The summed E-state index contributed by atoms with van der Waals surface area (Å²) in [7, 11) is 0. The van der Waals surface area contributed by atoms with Gasteiger partial charge in [-0.25, -0.2) is 20.8 Å². The highest BCUT2D eigenvalue weighted by Crippen LogP contribution is 2.35. The van der Waals surface area contributed by atoms with Crippen molar-refractivity contribution in [2.45, 2.75) is 0 Å². The first-order valence-electron chi connectivity index (χ1n) is 5.76. The van der Waals surface area contributed by atoms with Crippen LogP contribution in [0.2, 0.25) is 0 Å². The lowest BCUT2D eigenvalue weighted by molar-refractivity contribution is 1.19. The quantitative estimate of drug-likeness (QED) is 0.409. The first kappa shape index (κ1) is 10.6. The maximum atomic E-state index is 5.48. The van der Waals surface area contributed by atoms with Crippen molar-refractivity contribution in [2.75, 3.05) is 5.43 Å². The zero-order valence-corrected chi connectivity index (χ0v) is 10.6. The van der Waals surface area contributed by atoms with Crippen molar-refractivity contribution in [3.8, 4) is 0 Å². The summed E-state index contributed by atoms with van der Waals surface area (Å²) in [6, 6.07) is 10.2. The average Bonchev–Trinajstić information content (AvgIpc) is 2.82. The fourth-order valence-corrected chi connectivity index (χ4v) is 3.28. The van der Waals surface area contributed by atoms with Gasteiger partial charge in [-0.15, -0.1) is 11.3 Å². The summed E-state index contributed by atoms with van der Waals surface area (Å²) in [6.07, 6.45) is 1.51. The third-order valence-corrected chi connectivity index (χ3v) is 4.18. The van der Waals surface area contributed by atoms with Crippen LogP contribution in [0.3, 0.4) is 0 Å². The van der Waals surface area contributed by atoms with Crippen molar-refractivity contribution in [2.24, 2.45) is 5.84 Å². The number of nitrogens with zero attached hydrogens (tertiary/aromatic N) is 3. The zero-order valence-electron chi connectivity index (χ0n) is 9.79. The highest BCUT2D eigenvalue weighted by Gasteiger charge is 2.12. The molecule has 0 radical (unpaired) electrons. The summed E-state index contributed by atoms with van der Waals surface area (Å²) in [5.74, 6) is 6.12. The minimum absolute atomic E-state index is 0.636. The number of aromatic nitrogens is 3. The Labute approximate surface area is 112 Å². The van der Waals surface area contributed by atoms with Gasteiger partial charge in [-0.1, -0.05) is 18.2 Å². The van der Waals surface area contributed by atoms with Crippen LogP contribution in [0.5, 0.6) is 0 Å². The Hall–Kier alpha value is -2.31. The second-order valence-corrected chi connectivity index (χ2v) is 5.18. The molecule has 6 heteroatoms. The van der Waals surface area contributed by atoms with Crippen molar-refractivity contribution in [3.05, 3.63) is 36.7 Å². The number of nitrogens with two attached hydrogens (primary N) is 1. The SMILES string of the molecule is NNc1ncnc2c1sc1nc3ccccc3cc12. The fraction of sp³-hybridized carbons (Fsp3) is 0. The molecule has 0 saturated carbocycles. The molecule has 19 heavy (non-hydrogen) atoms. The Kier molecular flexibility index (Phi) is 2.14. The number of hydrogen-bond donors (Lipinski definition) is 2. The van der Waals surface area contributed by atoms with Gasteiger partial charge < -0.3 is 5.43 Å². The van der Waals surface area contributed by atoms with Gasteiger partial charge in [0.05, 0.1) is 15.7 Å². The molecule has 0 spiro atoms. The van der Waals surface area contributed by atoms with Crippen LogP contribution in [-0.4, -0.2) is 15.0 Å². The number of para-hydroxylation sites is 1. The summed E-state index contributed by atoms with van der Waals surface area (Å²) in [4.78, 5) is 14.1. The lowest BCUT2D eigenvalue weighted by Gasteiger charge is -1.98. The third kappa shape index (κ3) is 1.47. The number of rotatable bonds is 1. The molecule has 0 amide bonds. The number of nitrogens with one attached hydrogen (secondary N) is 1. The maximum absolute atomic E-state index is 5.48. The van der Waals surface area contributed by atoms with Crippen LogP contribution in [0.1, 0.15) is 0 Å². The van der Waals surface area contributed by atoms with E-state index in [1.807, 2.05) is 18.2 Å². The standard InChI is InChI=1S/C13H9N5S/c14-18-12-11-10(15-6-16-12)8-5-7-3-1-2-4-9(7)17-13(8)19-11/h1-6H,14H2,(H,15,16,18). The summed E-state index contributed by atoms with van der Waals surface area (Å²) in [5.41, 5.74) is 4.48. The van der Waals surface area contributed by atoms with Crippen LogP contribution in [-0.2, 0) is 0 Å². The van der Waals surface area contributed by atoms with Crippen molar-refractivity contribution in [1.29, 1.82) is 0 Å². The molecule has 0 fully saturated rings. The summed E-state index contributed by atoms with van der Waals surface area (Å²) in [5, 5.41) is 2.15. The largest absolute Gasteiger partial charge is 0.307 e. The van der Waals surface area contributed by atoms with Crippen LogP contribution in [0.25, 0.3) is 31.3 Å². The number of hydrogen-bond acceptors (Lipinski definition) is 6. The van der Waals surface area contributed by atoms with Crippen LogP contribution >= 0.6 is 11.3 Å². The first-order valence-corrected chi connectivity index (χ1v) is 6.58. The molecule has 0 aliphatic heterocycles. The molecule has 3 heterocycles. The fourth-order valence-electron chi connectivity index (χ4n) is 2.21. The number of nitrogen functional groups attached to an aromatic ring is 1. The molecule has 3 N–H and O–H groups in total. The van der Waals surface area contributed by atoms with Gasteiger partial charge >= 0.3 is 0 Å². The second kappa shape index (κ2) is 3.84. The normalized spacial score (nSPS) is 11.4. The van der Waals surface area contributed by atoms with E-state index in [1.165, 1.54) is 6.33 Å². The average molecular weight is 267 g/mol. The Morgan fingerprint density at radius 2 is 2.05 bits per heavy atom. The van der Waals surface area contributed by atoms with Gasteiger partial charge in [-0.2, -0.15) is 0 Å². The summed E-state index contributed by atoms with van der Waals surface area (Å²) < 4.78 is 0.933. The van der Waals surface area contributed by atoms with E-state index in [9.17, 15) is 0 Å². The molecule has 4 rings (SSSR count). The monoisotopic (exact) mass is 267 g/mol. The van der Waals surface area contributed by atoms with Gasteiger partial charge in [-0.05, 0) is 12.1 Å². The molecule has 3 aromatic heterocycles. The van der Waals surface area contributed by atoms with Crippen molar-refractivity contribution < 1.29 is 0 Å². The van der Waals surface area contributed by atoms with Crippen molar-refractivity contribution >= 4 is 48.5 Å². The topological polar surface area (TPSA) is 76.7 Å². The third-order valence-electron chi connectivity index (χ3n) is 3.08. The lowest BCUT2D eigenvalue weighted by Crippen LogP contribution is -2.08. The molecular weight excluding hydrogens is 258 g/mol. The van der Waals surface area contributed by atoms with E-state index in [0.29, 0.717) is 5.82 Å². The predicted octanol–water partition coefficient (Wildman–Crippen LogP) is 2.68. The van der Waals surface area contributed by atoms with Gasteiger partial charge in [0.15, 0.2) is 5.82 Å². The van der Waals surface area contributed by atoms with Crippen LogP contribution in [0, 0.1) is 0 Å². The Balaban J connectivity index is 2.22. The molecule has 0 aliphatic carbocycles. The molecule has 0 bridgehead atoms. The number of fused-ring (bicyclic) bond motifs is 4. The highest BCUT2D eigenvalue weighted by molar-refractivity contribution is 7.26. The summed E-state index contributed by atoms with van der Waals surface area (Å²) in [6.45, 7) is 0. The molecule has 92 valence electrons. The first-order chi connectivity index (χ1) is 9.36. The van der Waals surface area contributed by atoms with E-state index in [4.69, 9.17) is 5.84 Å². The van der Waals surface area contributed by atoms with Crippen molar-refractivity contribution in [1.82, 2.24) is 15.0 Å². The van der Waals surface area contributed by atoms with E-state index in [2.05, 4.69) is 32.5 Å². The van der Waals surface area contributed by atoms with Crippen LogP contribution in [0.4, 0.5) is 5.82 Å². The van der Waals surface area contributed by atoms with E-state index in [0.717, 1.165) is 31.3 Å². The number of hydrazine groups is 1. The number of benzene rings is 1. The molecule has 0 saturated heterocycles. The van der Waals surface area contributed by atoms with Gasteiger partial charge in [0, 0.05) is 10.8 Å². The molecule has 0 atom stereocenters. The van der Waals surface area contributed by atoms with E-state index in [1.54, 1.807) is 11.3 Å². The Morgan fingerprint density at radius 1 is 1.16 bits per heavy atom. The van der Waals surface area contributed by atoms with Gasteiger partial charge in [0.25, 0.3) is 0 Å². The highest BCUT2D eigenvalue weighted by atomic mass is 32.1. The van der Waals surface area contributed by atoms with Crippen LogP contribution < -0.4 is 11.3 Å². The molecule has 4 aromatic rings. The summed E-state index contributed by atoms with van der Waals surface area (Å²) >= 11 is 1.55. The Bertz CT molecular complexity index is 915. The van der Waals surface area contributed by atoms with Crippen molar-refractivity contribution in [3.63, 3.8) is 0 Å². The maximum Gasteiger partial charge on any atom is 0.161 e. The lowest BCUT2D eigenvalue weighted by atomic mass is 10.2. The number of anilines is 1. The molecule has 1 aromatic carbocycles. The van der Waals surface area contributed by atoms with E-state index >= 15 is 0 Å². The second-order valence-electron chi connectivity index (χ2n) is 4.18. The van der Waals surface area contributed by atoms with Gasteiger partial charge in [0.1, 0.15) is 11.2 Å². The zero-order chi connectivity index (χ0) is 12.8. The molecule has 0 aliphatic rings. The minimum atomic E-state index is 0.636. The Morgan fingerprint density at radius 3 is 2.95 bits per heavy atom. The predicted molar refractivity (Wildman–Crippen MR) is 78.0 cm³/mol. The molecule has 5 nitrogen and oxygen atoms in total. The van der Waals surface area contributed by atoms with E-state index < -0.39 is 0 Å². The molecular formula is C13H9N5S. The smallest absolute Gasteiger partial charge is 0.161 e. The van der Waals surface area contributed by atoms with Crippen LogP contribution in [0.15, 0.2) is 36.7 Å². The minimum Gasteiger partial charge on any atom is -0.307 e.